The molecule has 1 aliphatic carbocycles. The Morgan fingerprint density at radius 1 is 1.64 bits per heavy atom. The van der Waals surface area contributed by atoms with Gasteiger partial charge in [-0.15, -0.1) is 0 Å². The minimum absolute atomic E-state index is 0.479. The van der Waals surface area contributed by atoms with Crippen LogP contribution in [0.1, 0.15) is 12.8 Å². The van der Waals surface area contributed by atoms with Crippen LogP contribution in [0.2, 0.25) is 0 Å². The van der Waals surface area contributed by atoms with Gasteiger partial charge < -0.3 is 10.1 Å². The quantitative estimate of drug-likeness (QED) is 0.700. The number of methoxy groups -OCH3 is 1. The van der Waals surface area contributed by atoms with Crippen LogP contribution in [0.15, 0.2) is 11.6 Å². The highest BCUT2D eigenvalue weighted by molar-refractivity contribution is 6.25. The number of hydrogen-bond donors (Lipinski definition) is 1. The van der Waals surface area contributed by atoms with Crippen molar-refractivity contribution in [2.24, 2.45) is 0 Å². The SMILES string of the molecule is COC1CC(NC/C=C/Cl)C1. The first kappa shape index (κ1) is 9.04. The van der Waals surface area contributed by atoms with E-state index in [9.17, 15) is 0 Å². The fourth-order valence-electron chi connectivity index (χ4n) is 1.20. The molecular formula is C8H14ClNO. The summed E-state index contributed by atoms with van der Waals surface area (Å²) in [6.07, 6.45) is 4.65. The van der Waals surface area contributed by atoms with E-state index in [1.54, 1.807) is 12.6 Å². The van der Waals surface area contributed by atoms with Crippen molar-refractivity contribution in [2.45, 2.75) is 25.0 Å². The molecule has 1 aliphatic rings. The van der Waals surface area contributed by atoms with Crippen LogP contribution in [0.5, 0.6) is 0 Å². The van der Waals surface area contributed by atoms with Gasteiger partial charge in [-0.3, -0.25) is 0 Å². The number of rotatable bonds is 4. The maximum atomic E-state index is 5.36. The predicted molar refractivity (Wildman–Crippen MR) is 46.8 cm³/mol. The molecule has 0 amide bonds. The molecule has 0 spiro atoms. The summed E-state index contributed by atoms with van der Waals surface area (Å²) in [4.78, 5) is 0. The Balaban J connectivity index is 1.96. The molecule has 0 unspecified atom stereocenters. The first-order valence-corrected chi connectivity index (χ1v) is 4.32. The zero-order chi connectivity index (χ0) is 8.10. The Kier molecular flexibility index (Phi) is 3.91. The summed E-state index contributed by atoms with van der Waals surface area (Å²) >= 11 is 5.36. The van der Waals surface area contributed by atoms with Crippen LogP contribution in [-0.4, -0.2) is 25.8 Å². The lowest BCUT2D eigenvalue weighted by atomic mass is 9.89. The van der Waals surface area contributed by atoms with Gasteiger partial charge in [0.25, 0.3) is 0 Å². The number of halogens is 1. The summed E-state index contributed by atoms with van der Waals surface area (Å²) in [5.74, 6) is 0. The summed E-state index contributed by atoms with van der Waals surface area (Å²) < 4.78 is 5.14. The molecule has 1 saturated carbocycles. The van der Waals surface area contributed by atoms with Crippen molar-refractivity contribution >= 4 is 11.6 Å². The van der Waals surface area contributed by atoms with Crippen molar-refractivity contribution in [3.63, 3.8) is 0 Å². The van der Waals surface area contributed by atoms with Crippen LogP contribution in [0.4, 0.5) is 0 Å². The molecule has 0 heterocycles. The summed E-state index contributed by atoms with van der Waals surface area (Å²) in [7, 11) is 1.76. The second-order valence-corrected chi connectivity index (χ2v) is 3.05. The van der Waals surface area contributed by atoms with Gasteiger partial charge in [0.2, 0.25) is 0 Å². The molecular weight excluding hydrogens is 162 g/mol. The highest BCUT2D eigenvalue weighted by atomic mass is 35.5. The molecule has 0 saturated heterocycles. The van der Waals surface area contributed by atoms with Gasteiger partial charge in [0, 0.05) is 25.2 Å². The average molecular weight is 176 g/mol. The van der Waals surface area contributed by atoms with Gasteiger partial charge in [-0.1, -0.05) is 17.7 Å². The van der Waals surface area contributed by atoms with Crippen molar-refractivity contribution in [2.75, 3.05) is 13.7 Å². The molecule has 0 aromatic carbocycles. The Bertz CT molecular complexity index is 132. The van der Waals surface area contributed by atoms with Crippen molar-refractivity contribution in [3.8, 4) is 0 Å². The van der Waals surface area contributed by atoms with Gasteiger partial charge >= 0.3 is 0 Å². The van der Waals surface area contributed by atoms with Crippen LogP contribution in [0, 0.1) is 0 Å². The zero-order valence-corrected chi connectivity index (χ0v) is 7.47. The van der Waals surface area contributed by atoms with E-state index < -0.39 is 0 Å². The first-order chi connectivity index (χ1) is 5.36. The van der Waals surface area contributed by atoms with Crippen LogP contribution >= 0.6 is 11.6 Å². The molecule has 0 radical (unpaired) electrons. The molecule has 1 N–H and O–H groups in total. The highest BCUT2D eigenvalue weighted by Crippen LogP contribution is 2.21. The topological polar surface area (TPSA) is 21.3 Å². The van der Waals surface area contributed by atoms with Crippen molar-refractivity contribution in [1.82, 2.24) is 5.32 Å². The largest absolute Gasteiger partial charge is 0.381 e. The maximum absolute atomic E-state index is 5.36. The Morgan fingerprint density at radius 2 is 2.36 bits per heavy atom. The predicted octanol–water partition coefficient (Wildman–Crippen LogP) is 1.51. The minimum atomic E-state index is 0.479. The summed E-state index contributed by atoms with van der Waals surface area (Å²) in [5.41, 5.74) is 1.54. The van der Waals surface area contributed by atoms with Gasteiger partial charge in [0.1, 0.15) is 0 Å². The van der Waals surface area contributed by atoms with Crippen LogP contribution in [-0.2, 0) is 4.74 Å². The van der Waals surface area contributed by atoms with Gasteiger partial charge in [-0.25, -0.2) is 0 Å². The molecule has 0 aromatic rings. The lowest BCUT2D eigenvalue weighted by Gasteiger charge is -2.34. The third kappa shape index (κ3) is 2.81. The van der Waals surface area contributed by atoms with Crippen LogP contribution < -0.4 is 5.32 Å². The first-order valence-electron chi connectivity index (χ1n) is 3.88. The minimum Gasteiger partial charge on any atom is -0.381 e. The Morgan fingerprint density at radius 3 is 2.91 bits per heavy atom. The van der Waals surface area contributed by atoms with E-state index in [1.165, 1.54) is 0 Å². The monoisotopic (exact) mass is 175 g/mol. The lowest BCUT2D eigenvalue weighted by Crippen LogP contribution is -2.44. The zero-order valence-electron chi connectivity index (χ0n) is 6.72. The average Bonchev–Trinajstić information content (AvgIpc) is 1.94. The normalized spacial score (nSPS) is 30.7. The summed E-state index contributed by atoms with van der Waals surface area (Å²) in [6, 6.07) is 0.632. The van der Waals surface area contributed by atoms with E-state index in [-0.39, 0.29) is 0 Å². The summed E-state index contributed by atoms with van der Waals surface area (Å²) in [5, 5.41) is 3.33. The molecule has 11 heavy (non-hydrogen) atoms. The molecule has 2 nitrogen and oxygen atoms in total. The fraction of sp³-hybridized carbons (Fsp3) is 0.750. The molecule has 0 aromatic heterocycles. The molecule has 1 fully saturated rings. The second kappa shape index (κ2) is 4.75. The third-order valence-corrected chi connectivity index (χ3v) is 2.22. The maximum Gasteiger partial charge on any atom is 0.0601 e. The smallest absolute Gasteiger partial charge is 0.0601 e. The lowest BCUT2D eigenvalue weighted by molar-refractivity contribution is 0.0185. The molecule has 1 rings (SSSR count). The van der Waals surface area contributed by atoms with Gasteiger partial charge in [-0.05, 0) is 12.8 Å². The molecule has 0 aliphatic heterocycles. The molecule has 0 bridgehead atoms. The highest BCUT2D eigenvalue weighted by Gasteiger charge is 2.27. The van der Waals surface area contributed by atoms with Gasteiger partial charge in [-0.2, -0.15) is 0 Å². The van der Waals surface area contributed by atoms with E-state index in [2.05, 4.69) is 5.32 Å². The van der Waals surface area contributed by atoms with E-state index in [4.69, 9.17) is 16.3 Å². The van der Waals surface area contributed by atoms with E-state index >= 15 is 0 Å². The number of nitrogens with one attached hydrogen (secondary N) is 1. The van der Waals surface area contributed by atoms with Gasteiger partial charge in [0.05, 0.1) is 6.10 Å². The molecule has 64 valence electrons. The summed E-state index contributed by atoms with van der Waals surface area (Å²) in [6.45, 7) is 0.866. The number of ether oxygens (including phenoxy) is 1. The Hall–Kier alpha value is -0.0500. The van der Waals surface area contributed by atoms with Gasteiger partial charge in [0.15, 0.2) is 0 Å². The number of hydrogen-bond acceptors (Lipinski definition) is 2. The van der Waals surface area contributed by atoms with E-state index in [1.807, 2.05) is 6.08 Å². The van der Waals surface area contributed by atoms with E-state index in [0.29, 0.717) is 12.1 Å². The van der Waals surface area contributed by atoms with E-state index in [0.717, 1.165) is 19.4 Å². The fourth-order valence-corrected chi connectivity index (χ4v) is 1.29. The van der Waals surface area contributed by atoms with Crippen molar-refractivity contribution in [1.29, 1.82) is 0 Å². The Labute approximate surface area is 72.6 Å². The third-order valence-electron chi connectivity index (χ3n) is 2.04. The second-order valence-electron chi connectivity index (χ2n) is 2.80. The standard InChI is InChI=1S/C8H14ClNO/c1-11-8-5-7(6-8)10-4-2-3-9/h2-3,7-8,10H,4-6H2,1H3/b3-2+. The van der Waals surface area contributed by atoms with Crippen LogP contribution in [0.3, 0.4) is 0 Å². The van der Waals surface area contributed by atoms with Crippen molar-refractivity contribution in [3.05, 3.63) is 11.6 Å². The molecule has 0 atom stereocenters. The van der Waals surface area contributed by atoms with Crippen LogP contribution in [0.25, 0.3) is 0 Å². The van der Waals surface area contributed by atoms with Crippen molar-refractivity contribution < 1.29 is 4.74 Å². The molecule has 3 heteroatoms.